The maximum Gasteiger partial charge on any atom is 0.220 e. The highest BCUT2D eigenvalue weighted by atomic mass is 79.9. The van der Waals surface area contributed by atoms with Gasteiger partial charge in [-0.15, -0.1) is 11.8 Å². The molecule has 23 heavy (non-hydrogen) atoms. The van der Waals surface area contributed by atoms with Crippen LogP contribution in [0.2, 0.25) is 0 Å². The highest BCUT2D eigenvalue weighted by Gasteiger charge is 2.03. The Kier molecular flexibility index (Phi) is 7.49. The van der Waals surface area contributed by atoms with E-state index >= 15 is 0 Å². The number of carbonyl (C=O) groups is 1. The number of benzene rings is 2. The Balaban J connectivity index is 1.58. The molecule has 0 aliphatic heterocycles. The van der Waals surface area contributed by atoms with Crippen molar-refractivity contribution >= 4 is 33.6 Å². The first kappa shape index (κ1) is 17.9. The van der Waals surface area contributed by atoms with Gasteiger partial charge in [-0.05, 0) is 58.6 Å². The van der Waals surface area contributed by atoms with Crippen molar-refractivity contribution in [2.24, 2.45) is 0 Å². The number of hydrogen-bond acceptors (Lipinski definition) is 3. The molecule has 3 nitrogen and oxygen atoms in total. The second kappa shape index (κ2) is 9.63. The maximum absolute atomic E-state index is 11.8. The molecule has 0 fully saturated rings. The Morgan fingerprint density at radius 3 is 2.61 bits per heavy atom. The van der Waals surface area contributed by atoms with Crippen LogP contribution in [-0.4, -0.2) is 23.3 Å². The normalized spacial score (nSPS) is 10.5. The fourth-order valence-electron chi connectivity index (χ4n) is 2.09. The van der Waals surface area contributed by atoms with Crippen LogP contribution in [0.5, 0.6) is 5.75 Å². The quantitative estimate of drug-likeness (QED) is 0.516. The largest absolute Gasteiger partial charge is 0.508 e. The number of carbonyl (C=O) groups excluding carboxylic acids is 1. The molecule has 0 atom stereocenters. The molecule has 0 aromatic heterocycles. The molecule has 122 valence electrons. The number of nitrogens with one attached hydrogen (secondary N) is 1. The number of halogens is 1. The first-order chi connectivity index (χ1) is 11.1. The van der Waals surface area contributed by atoms with Crippen LogP contribution in [0.4, 0.5) is 0 Å². The van der Waals surface area contributed by atoms with Gasteiger partial charge < -0.3 is 10.4 Å². The Hall–Kier alpha value is -1.46. The predicted octanol–water partition coefficient (Wildman–Crippen LogP) is 4.39. The Labute approximate surface area is 149 Å². The van der Waals surface area contributed by atoms with Gasteiger partial charge >= 0.3 is 0 Å². The molecule has 2 rings (SSSR count). The summed E-state index contributed by atoms with van der Waals surface area (Å²) in [5.74, 6) is 1.15. The van der Waals surface area contributed by atoms with E-state index in [2.05, 4.69) is 21.2 Å². The van der Waals surface area contributed by atoms with Crippen molar-refractivity contribution in [3.63, 3.8) is 0 Å². The molecule has 0 radical (unpaired) electrons. The van der Waals surface area contributed by atoms with Crippen LogP contribution in [0.1, 0.15) is 18.4 Å². The lowest BCUT2D eigenvalue weighted by Gasteiger charge is -2.06. The summed E-state index contributed by atoms with van der Waals surface area (Å²) >= 11 is 5.19. The molecule has 2 aromatic carbocycles. The van der Waals surface area contributed by atoms with Gasteiger partial charge in [0.15, 0.2) is 0 Å². The van der Waals surface area contributed by atoms with Gasteiger partial charge in [-0.25, -0.2) is 0 Å². The lowest BCUT2D eigenvalue weighted by Crippen LogP contribution is -2.24. The second-order valence-electron chi connectivity index (χ2n) is 5.15. The van der Waals surface area contributed by atoms with Crippen molar-refractivity contribution in [2.75, 3.05) is 12.3 Å². The predicted molar refractivity (Wildman–Crippen MR) is 98.9 cm³/mol. The van der Waals surface area contributed by atoms with E-state index in [0.29, 0.717) is 13.0 Å². The summed E-state index contributed by atoms with van der Waals surface area (Å²) in [6.07, 6.45) is 2.31. The minimum atomic E-state index is 0.0928. The molecule has 0 unspecified atom stereocenters. The van der Waals surface area contributed by atoms with Gasteiger partial charge in [0.05, 0.1) is 0 Å². The molecule has 2 aromatic rings. The van der Waals surface area contributed by atoms with Crippen molar-refractivity contribution < 1.29 is 9.90 Å². The Morgan fingerprint density at radius 2 is 1.87 bits per heavy atom. The standard InChI is InChI=1S/C18H20BrNO2S/c19-16-5-1-2-6-17(16)23-13-11-18(22)20-12-3-4-14-7-9-15(21)10-8-14/h1-2,5-10,21H,3-4,11-13H2,(H,20,22). The molecular weight excluding hydrogens is 374 g/mol. The summed E-state index contributed by atoms with van der Waals surface area (Å²) in [6, 6.07) is 15.2. The van der Waals surface area contributed by atoms with Crippen molar-refractivity contribution in [1.82, 2.24) is 5.32 Å². The molecule has 1 amide bonds. The van der Waals surface area contributed by atoms with Crippen LogP contribution in [0.25, 0.3) is 0 Å². The number of rotatable bonds is 8. The topological polar surface area (TPSA) is 49.3 Å². The summed E-state index contributed by atoms with van der Waals surface area (Å²) in [5, 5.41) is 12.2. The van der Waals surface area contributed by atoms with Crippen molar-refractivity contribution in [3.8, 4) is 5.75 Å². The molecule has 0 aliphatic carbocycles. The van der Waals surface area contributed by atoms with Crippen molar-refractivity contribution in [2.45, 2.75) is 24.2 Å². The number of aromatic hydroxyl groups is 1. The number of thioether (sulfide) groups is 1. The molecule has 2 N–H and O–H groups in total. The summed E-state index contributed by atoms with van der Waals surface area (Å²) in [7, 11) is 0. The summed E-state index contributed by atoms with van der Waals surface area (Å²) in [4.78, 5) is 13.0. The van der Waals surface area contributed by atoms with Crippen LogP contribution in [0.15, 0.2) is 57.9 Å². The van der Waals surface area contributed by atoms with E-state index in [9.17, 15) is 9.90 Å². The van der Waals surface area contributed by atoms with E-state index in [0.717, 1.165) is 28.0 Å². The van der Waals surface area contributed by atoms with Crippen molar-refractivity contribution in [3.05, 3.63) is 58.6 Å². The van der Waals surface area contributed by atoms with Crippen LogP contribution in [0, 0.1) is 0 Å². The van der Waals surface area contributed by atoms with Gasteiger partial charge in [-0.1, -0.05) is 24.3 Å². The van der Waals surface area contributed by atoms with Crippen LogP contribution >= 0.6 is 27.7 Å². The Bertz CT molecular complexity index is 631. The zero-order valence-corrected chi connectivity index (χ0v) is 15.2. The van der Waals surface area contributed by atoms with E-state index < -0.39 is 0 Å². The van der Waals surface area contributed by atoms with E-state index in [4.69, 9.17) is 0 Å². The number of hydrogen-bond donors (Lipinski definition) is 2. The van der Waals surface area contributed by atoms with Gasteiger partial charge in [-0.3, -0.25) is 4.79 Å². The van der Waals surface area contributed by atoms with Crippen LogP contribution in [0.3, 0.4) is 0 Å². The minimum Gasteiger partial charge on any atom is -0.508 e. The first-order valence-electron chi connectivity index (χ1n) is 7.57. The first-order valence-corrected chi connectivity index (χ1v) is 9.35. The highest BCUT2D eigenvalue weighted by molar-refractivity contribution is 9.10. The summed E-state index contributed by atoms with van der Waals surface area (Å²) in [6.45, 7) is 0.680. The fourth-order valence-corrected chi connectivity index (χ4v) is 3.60. The van der Waals surface area contributed by atoms with Gasteiger partial charge in [-0.2, -0.15) is 0 Å². The van der Waals surface area contributed by atoms with Gasteiger partial charge in [0, 0.05) is 28.1 Å². The molecular formula is C18H20BrNO2S. The number of aryl methyl sites for hydroxylation is 1. The number of phenolic OH excluding ortho intramolecular Hbond substituents is 1. The van der Waals surface area contributed by atoms with E-state index in [-0.39, 0.29) is 11.7 Å². The maximum atomic E-state index is 11.8. The molecule has 0 bridgehead atoms. The molecule has 0 saturated carbocycles. The Morgan fingerprint density at radius 1 is 1.13 bits per heavy atom. The minimum absolute atomic E-state index is 0.0928. The van der Waals surface area contributed by atoms with Gasteiger partial charge in [0.2, 0.25) is 5.91 Å². The van der Waals surface area contributed by atoms with Gasteiger partial charge in [0.1, 0.15) is 5.75 Å². The van der Waals surface area contributed by atoms with Gasteiger partial charge in [0.25, 0.3) is 0 Å². The zero-order chi connectivity index (χ0) is 16.5. The monoisotopic (exact) mass is 393 g/mol. The lowest BCUT2D eigenvalue weighted by molar-refractivity contribution is -0.120. The molecule has 0 heterocycles. The van der Waals surface area contributed by atoms with E-state index in [1.54, 1.807) is 23.9 Å². The fraction of sp³-hybridized carbons (Fsp3) is 0.278. The highest BCUT2D eigenvalue weighted by Crippen LogP contribution is 2.27. The van der Waals surface area contributed by atoms with Crippen LogP contribution < -0.4 is 5.32 Å². The lowest BCUT2D eigenvalue weighted by atomic mass is 10.1. The second-order valence-corrected chi connectivity index (χ2v) is 7.14. The third-order valence-corrected chi connectivity index (χ3v) is 5.35. The smallest absolute Gasteiger partial charge is 0.220 e. The third-order valence-electron chi connectivity index (χ3n) is 3.32. The summed E-state index contributed by atoms with van der Waals surface area (Å²) in [5.41, 5.74) is 1.17. The number of amides is 1. The van der Waals surface area contributed by atoms with E-state index in [1.165, 1.54) is 5.56 Å². The average Bonchev–Trinajstić information content (AvgIpc) is 2.55. The molecule has 0 spiro atoms. The summed E-state index contributed by atoms with van der Waals surface area (Å²) < 4.78 is 1.07. The van der Waals surface area contributed by atoms with Crippen LogP contribution in [-0.2, 0) is 11.2 Å². The van der Waals surface area contributed by atoms with Crippen molar-refractivity contribution in [1.29, 1.82) is 0 Å². The average molecular weight is 394 g/mol. The number of phenols is 1. The molecule has 5 heteroatoms. The SMILES string of the molecule is O=C(CCSc1ccccc1Br)NCCCc1ccc(O)cc1. The molecule has 0 saturated heterocycles. The molecule has 0 aliphatic rings. The van der Waals surface area contributed by atoms with E-state index in [1.807, 2.05) is 36.4 Å². The third kappa shape index (κ3) is 6.67. The zero-order valence-electron chi connectivity index (χ0n) is 12.8.